The Balaban J connectivity index is 1.91. The van der Waals surface area contributed by atoms with Crippen molar-refractivity contribution in [2.45, 2.75) is 13.3 Å². The molecular weight excluding hydrogens is 410 g/mol. The molecule has 0 bridgehead atoms. The first kappa shape index (κ1) is 17.0. The number of phenols is 1. The molecule has 4 aromatic rings. The Bertz CT molecular complexity index is 1080. The number of hydrogen-bond acceptors (Lipinski definition) is 5. The van der Waals surface area contributed by atoms with Crippen LogP contribution in [0.25, 0.3) is 21.3 Å². The van der Waals surface area contributed by atoms with Crippen LogP contribution in [0, 0.1) is 0 Å². The normalized spacial score (nSPS) is 11.0. The molecule has 2 N–H and O–H groups in total. The number of benzene rings is 2. The van der Waals surface area contributed by atoms with E-state index in [9.17, 15) is 5.11 Å². The molecule has 0 atom stereocenters. The zero-order chi connectivity index (χ0) is 18.1. The predicted molar refractivity (Wildman–Crippen MR) is 111 cm³/mol. The van der Waals surface area contributed by atoms with Crippen LogP contribution in [0.5, 0.6) is 5.75 Å². The molecule has 6 heteroatoms. The van der Waals surface area contributed by atoms with Gasteiger partial charge in [-0.3, -0.25) is 0 Å². The summed E-state index contributed by atoms with van der Waals surface area (Å²) in [6.45, 7) is 2.16. The lowest BCUT2D eigenvalue weighted by Crippen LogP contribution is -1.95. The van der Waals surface area contributed by atoms with E-state index in [0.29, 0.717) is 0 Å². The fraction of sp³-hybridized carbons (Fsp3) is 0.100. The summed E-state index contributed by atoms with van der Waals surface area (Å²) >= 11 is 5.20. The first-order valence-electron chi connectivity index (χ1n) is 8.24. The molecular formula is C20H16BrN3OS. The second kappa shape index (κ2) is 7.05. The molecule has 0 fully saturated rings. The molecule has 0 amide bonds. The molecule has 26 heavy (non-hydrogen) atoms. The fourth-order valence-electron chi connectivity index (χ4n) is 2.97. The number of nitrogens with one attached hydrogen (secondary N) is 1. The number of rotatable bonds is 4. The third-order valence-corrected chi connectivity index (χ3v) is 5.89. The summed E-state index contributed by atoms with van der Waals surface area (Å²) in [5, 5.41) is 14.1. The summed E-state index contributed by atoms with van der Waals surface area (Å²) in [5.41, 5.74) is 3.10. The highest BCUT2D eigenvalue weighted by atomic mass is 79.9. The van der Waals surface area contributed by atoms with E-state index < -0.39 is 0 Å². The lowest BCUT2D eigenvalue weighted by molar-refractivity contribution is 0.475. The minimum atomic E-state index is 0.216. The maximum absolute atomic E-state index is 9.73. The lowest BCUT2D eigenvalue weighted by Gasteiger charge is -2.10. The Kier molecular flexibility index (Phi) is 4.61. The van der Waals surface area contributed by atoms with Gasteiger partial charge in [-0.05, 0) is 36.2 Å². The van der Waals surface area contributed by atoms with Crippen molar-refractivity contribution in [2.75, 3.05) is 5.32 Å². The van der Waals surface area contributed by atoms with Crippen molar-refractivity contribution in [1.29, 1.82) is 0 Å². The van der Waals surface area contributed by atoms with Gasteiger partial charge in [0.15, 0.2) is 0 Å². The monoisotopic (exact) mass is 425 g/mol. The van der Waals surface area contributed by atoms with Gasteiger partial charge in [-0.2, -0.15) is 0 Å². The van der Waals surface area contributed by atoms with Crippen molar-refractivity contribution in [3.63, 3.8) is 0 Å². The Labute approximate surface area is 163 Å². The molecule has 0 aliphatic heterocycles. The minimum absolute atomic E-state index is 0.216. The van der Waals surface area contributed by atoms with Crippen molar-refractivity contribution < 1.29 is 5.11 Å². The van der Waals surface area contributed by atoms with E-state index >= 15 is 0 Å². The molecule has 130 valence electrons. The number of aromatic nitrogens is 2. The molecule has 2 aromatic carbocycles. The van der Waals surface area contributed by atoms with Gasteiger partial charge in [-0.15, -0.1) is 11.3 Å². The molecule has 0 unspecified atom stereocenters. The highest BCUT2D eigenvalue weighted by Gasteiger charge is 2.18. The average molecular weight is 426 g/mol. The Hall–Kier alpha value is -2.44. The van der Waals surface area contributed by atoms with Crippen LogP contribution in [0.4, 0.5) is 11.5 Å². The lowest BCUT2D eigenvalue weighted by atomic mass is 10.0. The van der Waals surface area contributed by atoms with Gasteiger partial charge >= 0.3 is 0 Å². The van der Waals surface area contributed by atoms with Gasteiger partial charge in [0.1, 0.15) is 22.7 Å². The number of anilines is 2. The predicted octanol–water partition coefficient (Wildman–Crippen LogP) is 6.13. The molecule has 4 rings (SSSR count). The van der Waals surface area contributed by atoms with Gasteiger partial charge in [0.05, 0.1) is 5.39 Å². The molecule has 0 spiro atoms. The van der Waals surface area contributed by atoms with E-state index in [4.69, 9.17) is 0 Å². The van der Waals surface area contributed by atoms with Crippen LogP contribution in [-0.4, -0.2) is 15.1 Å². The topological polar surface area (TPSA) is 58.0 Å². The number of phenolic OH excluding ortho intramolecular Hbond substituents is 1. The van der Waals surface area contributed by atoms with Gasteiger partial charge in [-0.1, -0.05) is 41.1 Å². The van der Waals surface area contributed by atoms with Crippen LogP contribution >= 0.6 is 27.3 Å². The number of aryl methyl sites for hydroxylation is 1. The maximum Gasteiger partial charge on any atom is 0.143 e. The summed E-state index contributed by atoms with van der Waals surface area (Å²) in [4.78, 5) is 11.2. The molecule has 0 aliphatic rings. The summed E-state index contributed by atoms with van der Waals surface area (Å²) in [7, 11) is 0. The zero-order valence-corrected chi connectivity index (χ0v) is 16.4. The summed E-state index contributed by atoms with van der Waals surface area (Å²) in [5.74, 6) is 0.961. The van der Waals surface area contributed by atoms with E-state index in [-0.39, 0.29) is 5.75 Å². The van der Waals surface area contributed by atoms with Crippen LogP contribution in [0.1, 0.15) is 11.8 Å². The third kappa shape index (κ3) is 3.18. The molecule has 0 aliphatic carbocycles. The molecule has 4 nitrogen and oxygen atoms in total. The quantitative estimate of drug-likeness (QED) is 0.412. The highest BCUT2D eigenvalue weighted by molar-refractivity contribution is 9.10. The van der Waals surface area contributed by atoms with Crippen molar-refractivity contribution >= 4 is 49.0 Å². The summed E-state index contributed by atoms with van der Waals surface area (Å²) in [6, 6.07) is 15.3. The number of aromatic hydroxyl groups is 1. The van der Waals surface area contributed by atoms with Crippen LogP contribution in [0.15, 0.2) is 59.3 Å². The van der Waals surface area contributed by atoms with Crippen LogP contribution in [-0.2, 0) is 6.42 Å². The largest absolute Gasteiger partial charge is 0.508 e. The van der Waals surface area contributed by atoms with E-state index in [0.717, 1.165) is 38.2 Å². The fourth-order valence-corrected chi connectivity index (χ4v) is 4.33. The molecule has 0 saturated carbocycles. The van der Waals surface area contributed by atoms with Crippen LogP contribution < -0.4 is 5.32 Å². The van der Waals surface area contributed by atoms with Crippen molar-refractivity contribution in [3.05, 3.63) is 64.2 Å². The average Bonchev–Trinajstić information content (AvgIpc) is 3.02. The summed E-state index contributed by atoms with van der Waals surface area (Å²) < 4.78 is 1.05. The maximum atomic E-state index is 9.73. The van der Waals surface area contributed by atoms with Gasteiger partial charge < -0.3 is 10.4 Å². The van der Waals surface area contributed by atoms with E-state index in [1.807, 2.05) is 18.2 Å². The minimum Gasteiger partial charge on any atom is -0.508 e. The van der Waals surface area contributed by atoms with Crippen molar-refractivity contribution in [2.24, 2.45) is 0 Å². The number of hydrogen-bond donors (Lipinski definition) is 2. The smallest absolute Gasteiger partial charge is 0.143 e. The summed E-state index contributed by atoms with van der Waals surface area (Å²) in [6.07, 6.45) is 2.51. The highest BCUT2D eigenvalue weighted by Crippen LogP contribution is 2.42. The van der Waals surface area contributed by atoms with Gasteiger partial charge in [-0.25, -0.2) is 9.97 Å². The molecule has 0 saturated heterocycles. The van der Waals surface area contributed by atoms with Crippen molar-refractivity contribution in [1.82, 2.24) is 9.97 Å². The first-order valence-corrected chi connectivity index (χ1v) is 9.85. The van der Waals surface area contributed by atoms with Crippen molar-refractivity contribution in [3.8, 4) is 16.9 Å². The second-order valence-electron chi connectivity index (χ2n) is 5.84. The van der Waals surface area contributed by atoms with Gasteiger partial charge in [0.25, 0.3) is 0 Å². The third-order valence-electron chi connectivity index (χ3n) is 4.12. The standard InChI is InChI=1S/C20H16BrN3OS/c1-2-16-17(12-6-8-13(21)9-7-12)18-19(22-11-23-20(18)26-16)24-14-4-3-5-15(25)10-14/h3-11,25H,2H2,1H3,(H,22,23,24). The Morgan fingerprint density at radius 1 is 1.12 bits per heavy atom. The van der Waals surface area contributed by atoms with Gasteiger partial charge in [0.2, 0.25) is 0 Å². The first-order chi connectivity index (χ1) is 12.7. The van der Waals surface area contributed by atoms with Crippen LogP contribution in [0.2, 0.25) is 0 Å². The Morgan fingerprint density at radius 3 is 2.65 bits per heavy atom. The number of halogens is 1. The SMILES string of the molecule is CCc1sc2ncnc(Nc3cccc(O)c3)c2c1-c1ccc(Br)cc1. The molecule has 0 radical (unpaired) electrons. The van der Waals surface area contributed by atoms with Gasteiger partial charge in [0, 0.05) is 26.7 Å². The second-order valence-corrected chi connectivity index (χ2v) is 7.84. The van der Waals surface area contributed by atoms with E-state index in [1.54, 1.807) is 35.9 Å². The number of fused-ring (bicyclic) bond motifs is 1. The Morgan fingerprint density at radius 2 is 1.92 bits per heavy atom. The molecule has 2 aromatic heterocycles. The van der Waals surface area contributed by atoms with Crippen LogP contribution in [0.3, 0.4) is 0 Å². The molecule has 2 heterocycles. The van der Waals surface area contributed by atoms with E-state index in [1.165, 1.54) is 10.4 Å². The zero-order valence-electron chi connectivity index (χ0n) is 14.0. The van der Waals surface area contributed by atoms with E-state index in [2.05, 4.69) is 50.3 Å². The number of nitrogens with zero attached hydrogens (tertiary/aromatic N) is 2. The number of thiophene rings is 1.